The van der Waals surface area contributed by atoms with Crippen LogP contribution in [0.25, 0.3) is 0 Å². The number of likely N-dealkylation sites (N-methyl/N-ethyl adjacent to an activating group) is 1. The summed E-state index contributed by atoms with van der Waals surface area (Å²) in [6.45, 7) is 1.04. The molecule has 1 atom stereocenters. The van der Waals surface area contributed by atoms with Crippen molar-refractivity contribution >= 4 is 27.2 Å². The lowest BCUT2D eigenvalue weighted by molar-refractivity contribution is 0.00858. The number of rotatable bonds is 5. The summed E-state index contributed by atoms with van der Waals surface area (Å²) in [6, 6.07) is 6.54. The van der Waals surface area contributed by atoms with Crippen LogP contribution in [0.5, 0.6) is 0 Å². The van der Waals surface area contributed by atoms with Gasteiger partial charge in [-0.2, -0.15) is 4.31 Å². The van der Waals surface area contributed by atoms with Crippen LogP contribution in [-0.4, -0.2) is 44.0 Å². The highest BCUT2D eigenvalue weighted by Gasteiger charge is 2.27. The van der Waals surface area contributed by atoms with Gasteiger partial charge < -0.3 is 10.5 Å². The molecule has 0 amide bonds. The Kier molecular flexibility index (Phi) is 5.32. The molecule has 0 spiro atoms. The molecule has 0 saturated carbocycles. The number of ether oxygens (including phenoxy) is 1. The molecule has 1 aliphatic heterocycles. The SMILES string of the molecule is CN(CC1CCCCO1)S(=O)(=O)c1ccccc1C(N)=S. The van der Waals surface area contributed by atoms with Crippen LogP contribution in [0.3, 0.4) is 0 Å². The molecule has 7 heteroatoms. The Balaban J connectivity index is 2.22. The van der Waals surface area contributed by atoms with Crippen LogP contribution >= 0.6 is 12.2 Å². The number of nitrogens with two attached hydrogens (primary N) is 1. The molecule has 1 aromatic carbocycles. The van der Waals surface area contributed by atoms with Gasteiger partial charge in [-0.3, -0.25) is 0 Å². The van der Waals surface area contributed by atoms with E-state index < -0.39 is 10.0 Å². The predicted octanol–water partition coefficient (Wildman–Crippen LogP) is 1.51. The third-order valence-corrected chi connectivity index (χ3v) is 5.68. The van der Waals surface area contributed by atoms with Crippen LogP contribution in [0.1, 0.15) is 24.8 Å². The molecule has 1 heterocycles. The quantitative estimate of drug-likeness (QED) is 0.830. The Morgan fingerprint density at radius 1 is 1.43 bits per heavy atom. The third-order valence-electron chi connectivity index (χ3n) is 3.58. The van der Waals surface area contributed by atoms with Crippen molar-refractivity contribution in [2.45, 2.75) is 30.3 Å². The smallest absolute Gasteiger partial charge is 0.243 e. The standard InChI is InChI=1S/C14H20N2O3S2/c1-16(10-11-6-4-5-9-19-11)21(17,18)13-8-3-2-7-12(13)14(15)20/h2-3,7-8,11H,4-6,9-10H2,1H3,(H2,15,20). The first-order chi connectivity index (χ1) is 9.93. The van der Waals surface area contributed by atoms with Gasteiger partial charge in [-0.25, -0.2) is 8.42 Å². The molecule has 1 fully saturated rings. The lowest BCUT2D eigenvalue weighted by atomic mass is 10.1. The van der Waals surface area contributed by atoms with Gasteiger partial charge in [0.25, 0.3) is 0 Å². The summed E-state index contributed by atoms with van der Waals surface area (Å²) in [5.74, 6) is 0. The molecule has 2 rings (SSSR count). The average molecular weight is 328 g/mol. The van der Waals surface area contributed by atoms with Crippen molar-refractivity contribution in [3.8, 4) is 0 Å². The maximum absolute atomic E-state index is 12.7. The molecule has 0 bridgehead atoms. The fourth-order valence-electron chi connectivity index (χ4n) is 2.40. The summed E-state index contributed by atoms with van der Waals surface area (Å²) in [6.07, 6.45) is 2.95. The van der Waals surface area contributed by atoms with Gasteiger partial charge in [-0.05, 0) is 25.3 Å². The zero-order valence-electron chi connectivity index (χ0n) is 12.0. The van der Waals surface area contributed by atoms with E-state index in [-0.39, 0.29) is 16.0 Å². The van der Waals surface area contributed by atoms with Crippen LogP contribution in [0, 0.1) is 0 Å². The largest absolute Gasteiger partial charge is 0.389 e. The second-order valence-corrected chi connectivity index (χ2v) is 7.59. The van der Waals surface area contributed by atoms with Crippen LogP contribution in [-0.2, 0) is 14.8 Å². The first kappa shape index (κ1) is 16.4. The Hall–Kier alpha value is -1.02. The van der Waals surface area contributed by atoms with E-state index in [0.29, 0.717) is 18.7 Å². The van der Waals surface area contributed by atoms with Gasteiger partial charge in [-0.15, -0.1) is 0 Å². The number of hydrogen-bond acceptors (Lipinski definition) is 4. The lowest BCUT2D eigenvalue weighted by Gasteiger charge is -2.27. The van der Waals surface area contributed by atoms with Crippen molar-refractivity contribution in [2.75, 3.05) is 20.2 Å². The average Bonchev–Trinajstić information content (AvgIpc) is 2.48. The zero-order chi connectivity index (χ0) is 15.5. The molecule has 116 valence electrons. The monoisotopic (exact) mass is 328 g/mol. The van der Waals surface area contributed by atoms with Gasteiger partial charge in [0, 0.05) is 25.8 Å². The van der Waals surface area contributed by atoms with E-state index in [1.165, 1.54) is 10.4 Å². The highest BCUT2D eigenvalue weighted by atomic mass is 32.2. The molecular formula is C14H20N2O3S2. The second kappa shape index (κ2) is 6.83. The van der Waals surface area contributed by atoms with Crippen molar-refractivity contribution in [2.24, 2.45) is 5.73 Å². The van der Waals surface area contributed by atoms with E-state index in [0.717, 1.165) is 19.3 Å². The summed E-state index contributed by atoms with van der Waals surface area (Å²) >= 11 is 4.94. The summed E-state index contributed by atoms with van der Waals surface area (Å²) in [5, 5.41) is 0. The van der Waals surface area contributed by atoms with Crippen LogP contribution < -0.4 is 5.73 Å². The number of nitrogens with zero attached hydrogens (tertiary/aromatic N) is 1. The van der Waals surface area contributed by atoms with Gasteiger partial charge in [0.15, 0.2) is 0 Å². The maximum Gasteiger partial charge on any atom is 0.243 e. The number of thiocarbonyl (C=S) groups is 1. The zero-order valence-corrected chi connectivity index (χ0v) is 13.6. The molecule has 0 aromatic heterocycles. The fraction of sp³-hybridized carbons (Fsp3) is 0.500. The van der Waals surface area contributed by atoms with E-state index in [9.17, 15) is 8.42 Å². The molecule has 0 radical (unpaired) electrons. The first-order valence-electron chi connectivity index (χ1n) is 6.89. The van der Waals surface area contributed by atoms with Crippen LogP contribution in [0.2, 0.25) is 0 Å². The summed E-state index contributed by atoms with van der Waals surface area (Å²) in [4.78, 5) is 0.229. The van der Waals surface area contributed by atoms with E-state index >= 15 is 0 Å². The molecule has 5 nitrogen and oxygen atoms in total. The summed E-state index contributed by atoms with van der Waals surface area (Å²) < 4.78 is 32.3. The van der Waals surface area contributed by atoms with E-state index in [2.05, 4.69) is 0 Å². The maximum atomic E-state index is 12.7. The molecule has 0 aliphatic carbocycles. The Morgan fingerprint density at radius 2 is 2.14 bits per heavy atom. The highest BCUT2D eigenvalue weighted by Crippen LogP contribution is 2.21. The van der Waals surface area contributed by atoms with E-state index in [1.54, 1.807) is 25.2 Å². The lowest BCUT2D eigenvalue weighted by Crippen LogP contribution is -2.37. The Labute approximate surface area is 131 Å². The molecule has 1 unspecified atom stereocenters. The molecule has 1 aromatic rings. The molecule has 1 aliphatic rings. The van der Waals surface area contributed by atoms with Crippen LogP contribution in [0.4, 0.5) is 0 Å². The third kappa shape index (κ3) is 3.79. The number of benzene rings is 1. The van der Waals surface area contributed by atoms with Crippen molar-refractivity contribution in [1.82, 2.24) is 4.31 Å². The topological polar surface area (TPSA) is 72.6 Å². The van der Waals surface area contributed by atoms with E-state index in [1.807, 2.05) is 0 Å². The van der Waals surface area contributed by atoms with E-state index in [4.69, 9.17) is 22.7 Å². The minimum absolute atomic E-state index is 0.0458. The fourth-order valence-corrected chi connectivity index (χ4v) is 4.05. The molecular weight excluding hydrogens is 308 g/mol. The molecule has 21 heavy (non-hydrogen) atoms. The van der Waals surface area contributed by atoms with Crippen molar-refractivity contribution in [3.63, 3.8) is 0 Å². The van der Waals surface area contributed by atoms with Gasteiger partial charge in [0.05, 0.1) is 11.0 Å². The van der Waals surface area contributed by atoms with Crippen molar-refractivity contribution in [1.29, 1.82) is 0 Å². The number of hydrogen-bond donors (Lipinski definition) is 1. The van der Waals surface area contributed by atoms with Gasteiger partial charge in [-0.1, -0.05) is 30.4 Å². The predicted molar refractivity (Wildman–Crippen MR) is 85.7 cm³/mol. The summed E-state index contributed by atoms with van der Waals surface area (Å²) in [5.41, 5.74) is 6.00. The minimum Gasteiger partial charge on any atom is -0.389 e. The molecule has 2 N–H and O–H groups in total. The second-order valence-electron chi connectivity index (χ2n) is 5.13. The van der Waals surface area contributed by atoms with Gasteiger partial charge >= 0.3 is 0 Å². The molecule has 1 saturated heterocycles. The normalized spacial score (nSPS) is 19.6. The van der Waals surface area contributed by atoms with Gasteiger partial charge in [0.2, 0.25) is 10.0 Å². The first-order valence-corrected chi connectivity index (χ1v) is 8.74. The van der Waals surface area contributed by atoms with Crippen molar-refractivity contribution in [3.05, 3.63) is 29.8 Å². The van der Waals surface area contributed by atoms with Crippen LogP contribution in [0.15, 0.2) is 29.2 Å². The Bertz CT molecular complexity index is 610. The highest BCUT2D eigenvalue weighted by molar-refractivity contribution is 7.89. The van der Waals surface area contributed by atoms with Gasteiger partial charge in [0.1, 0.15) is 4.99 Å². The summed E-state index contributed by atoms with van der Waals surface area (Å²) in [7, 11) is -2.07. The van der Waals surface area contributed by atoms with Crippen molar-refractivity contribution < 1.29 is 13.2 Å². The minimum atomic E-state index is -3.63. The number of sulfonamides is 1. The Morgan fingerprint density at radius 3 is 2.76 bits per heavy atom.